The average molecular weight is 224 g/mol. The molecule has 15 heavy (non-hydrogen) atoms. The lowest BCUT2D eigenvalue weighted by atomic mass is 10.3. The summed E-state index contributed by atoms with van der Waals surface area (Å²) in [4.78, 5) is 9.82. The molecular formula is C10H24O5. The Morgan fingerprint density at radius 3 is 1.67 bits per heavy atom. The highest BCUT2D eigenvalue weighted by Gasteiger charge is 1.89. The van der Waals surface area contributed by atoms with E-state index in [1.807, 2.05) is 6.92 Å². The smallest absolute Gasteiger partial charge is 0.302 e. The second-order valence-electron chi connectivity index (χ2n) is 2.60. The third kappa shape index (κ3) is 60.1. The number of hydrogen-bond acceptors (Lipinski definition) is 5. The molecule has 0 radical (unpaired) electrons. The zero-order chi connectivity index (χ0) is 12.7. The summed E-state index contributed by atoms with van der Waals surface area (Å²) in [6.45, 7) is 5.56. The van der Waals surface area contributed by atoms with Crippen LogP contribution in [0, 0.1) is 0 Å². The summed E-state index contributed by atoms with van der Waals surface area (Å²) in [5.41, 5.74) is 0. The Morgan fingerprint density at radius 1 is 1.27 bits per heavy atom. The van der Waals surface area contributed by atoms with Gasteiger partial charge < -0.3 is 19.7 Å². The van der Waals surface area contributed by atoms with Crippen molar-refractivity contribution < 1.29 is 24.5 Å². The highest BCUT2D eigenvalue weighted by molar-refractivity contribution is 5.65. The van der Waals surface area contributed by atoms with Crippen molar-refractivity contribution in [2.75, 3.05) is 20.8 Å². The van der Waals surface area contributed by atoms with Gasteiger partial charge in [-0.25, -0.2) is 0 Å². The van der Waals surface area contributed by atoms with E-state index in [-0.39, 0.29) is 5.97 Å². The molecular weight excluding hydrogens is 200 g/mol. The first-order valence-corrected chi connectivity index (χ1v) is 4.85. The molecule has 0 spiro atoms. The first kappa shape index (κ1) is 19.9. The second kappa shape index (κ2) is 19.0. The van der Waals surface area contributed by atoms with Crippen LogP contribution in [0.15, 0.2) is 0 Å². The average Bonchev–Trinajstić information content (AvgIpc) is 2.05. The molecule has 0 saturated carbocycles. The predicted octanol–water partition coefficient (Wildman–Crippen LogP) is 0.929. The van der Waals surface area contributed by atoms with Gasteiger partial charge in [-0.15, -0.1) is 0 Å². The fourth-order valence-corrected chi connectivity index (χ4v) is 0.461. The molecule has 0 bridgehead atoms. The molecule has 0 fully saturated rings. The van der Waals surface area contributed by atoms with E-state index in [9.17, 15) is 4.79 Å². The first-order valence-electron chi connectivity index (χ1n) is 4.85. The van der Waals surface area contributed by atoms with Crippen molar-refractivity contribution in [2.24, 2.45) is 0 Å². The molecule has 0 aromatic heterocycles. The van der Waals surface area contributed by atoms with Crippen LogP contribution in [0.3, 0.4) is 0 Å². The number of aliphatic hydroxyl groups is 2. The van der Waals surface area contributed by atoms with Crippen LogP contribution in [0.1, 0.15) is 33.6 Å². The third-order valence-corrected chi connectivity index (χ3v) is 0.894. The minimum atomic E-state index is -1.10. The monoisotopic (exact) mass is 224 g/mol. The Balaban J connectivity index is -0.000000153. The number of rotatable bonds is 3. The van der Waals surface area contributed by atoms with E-state index in [1.54, 1.807) is 21.1 Å². The number of esters is 1. The summed E-state index contributed by atoms with van der Waals surface area (Å²) in [6, 6.07) is 0. The minimum Gasteiger partial charge on any atom is -0.466 e. The van der Waals surface area contributed by atoms with Gasteiger partial charge in [0.15, 0.2) is 6.29 Å². The van der Waals surface area contributed by atoms with Gasteiger partial charge in [-0.3, -0.25) is 4.79 Å². The van der Waals surface area contributed by atoms with Crippen LogP contribution in [0.5, 0.6) is 0 Å². The summed E-state index contributed by atoms with van der Waals surface area (Å²) >= 11 is 0. The van der Waals surface area contributed by atoms with Crippen LogP contribution < -0.4 is 0 Å². The van der Waals surface area contributed by atoms with Crippen LogP contribution >= 0.6 is 0 Å². The van der Waals surface area contributed by atoms with E-state index in [0.29, 0.717) is 13.0 Å². The second-order valence-corrected chi connectivity index (χ2v) is 2.60. The quantitative estimate of drug-likeness (QED) is 0.551. The maximum Gasteiger partial charge on any atom is 0.302 e. The molecule has 2 N–H and O–H groups in total. The lowest BCUT2D eigenvalue weighted by Gasteiger charge is -1.94. The predicted molar refractivity (Wildman–Crippen MR) is 58.4 cm³/mol. The highest BCUT2D eigenvalue weighted by atomic mass is 16.5. The number of aliphatic hydroxyl groups excluding tert-OH is 1. The normalized spacial score (nSPS) is 8.27. The number of carbonyl (C=O) groups is 1. The zero-order valence-electron chi connectivity index (χ0n) is 10.3. The fourth-order valence-electron chi connectivity index (χ4n) is 0.461. The van der Waals surface area contributed by atoms with Gasteiger partial charge >= 0.3 is 5.97 Å². The molecule has 0 amide bonds. The highest BCUT2D eigenvalue weighted by Crippen LogP contribution is 1.88. The van der Waals surface area contributed by atoms with Crippen molar-refractivity contribution in [3.05, 3.63) is 0 Å². The van der Waals surface area contributed by atoms with Crippen LogP contribution in [0.25, 0.3) is 0 Å². The topological polar surface area (TPSA) is 76.0 Å². The minimum absolute atomic E-state index is 0.211. The summed E-state index contributed by atoms with van der Waals surface area (Å²) in [5, 5.41) is 16.2. The van der Waals surface area contributed by atoms with Gasteiger partial charge in [0.25, 0.3) is 0 Å². The molecule has 0 aliphatic carbocycles. The molecule has 0 aromatic rings. The molecule has 0 saturated heterocycles. The maximum absolute atomic E-state index is 9.82. The maximum atomic E-state index is 9.82. The van der Waals surface area contributed by atoms with Gasteiger partial charge in [0.05, 0.1) is 6.61 Å². The van der Waals surface area contributed by atoms with Crippen molar-refractivity contribution in [1.82, 2.24) is 0 Å². The van der Waals surface area contributed by atoms with Crippen LogP contribution in [-0.4, -0.2) is 43.3 Å². The molecule has 5 heteroatoms. The summed E-state index contributed by atoms with van der Waals surface area (Å²) in [5.74, 6) is -0.211. The van der Waals surface area contributed by atoms with Gasteiger partial charge in [-0.1, -0.05) is 13.3 Å². The Labute approximate surface area is 92.0 Å². The Morgan fingerprint density at radius 2 is 1.67 bits per heavy atom. The van der Waals surface area contributed by atoms with E-state index in [1.165, 1.54) is 6.92 Å². The molecule has 0 aromatic carbocycles. The van der Waals surface area contributed by atoms with E-state index in [2.05, 4.69) is 9.47 Å². The SMILES string of the molecule is CCCC(O)O.CCOC(C)=O.COC. The van der Waals surface area contributed by atoms with E-state index in [0.717, 1.165) is 6.42 Å². The van der Waals surface area contributed by atoms with Crippen LogP contribution in [0.4, 0.5) is 0 Å². The number of hydrogen-bond donors (Lipinski definition) is 2. The van der Waals surface area contributed by atoms with Gasteiger partial charge in [-0.05, 0) is 13.3 Å². The molecule has 0 rings (SSSR count). The van der Waals surface area contributed by atoms with Crippen molar-refractivity contribution in [1.29, 1.82) is 0 Å². The summed E-state index contributed by atoms with van der Waals surface area (Å²) in [6.07, 6.45) is 0.215. The van der Waals surface area contributed by atoms with Gasteiger partial charge in [-0.2, -0.15) is 0 Å². The van der Waals surface area contributed by atoms with Crippen molar-refractivity contribution in [2.45, 2.75) is 39.9 Å². The molecule has 5 nitrogen and oxygen atoms in total. The third-order valence-electron chi connectivity index (χ3n) is 0.894. The molecule has 94 valence electrons. The summed E-state index contributed by atoms with van der Waals surface area (Å²) in [7, 11) is 3.25. The molecule has 0 heterocycles. The largest absolute Gasteiger partial charge is 0.466 e. The zero-order valence-corrected chi connectivity index (χ0v) is 10.3. The van der Waals surface area contributed by atoms with Crippen LogP contribution in [0.2, 0.25) is 0 Å². The van der Waals surface area contributed by atoms with E-state index >= 15 is 0 Å². The van der Waals surface area contributed by atoms with Gasteiger partial charge in [0, 0.05) is 21.1 Å². The van der Waals surface area contributed by atoms with Crippen molar-refractivity contribution in [3.63, 3.8) is 0 Å². The Hall–Kier alpha value is -0.650. The Bertz CT molecular complexity index is 114. The lowest BCUT2D eigenvalue weighted by Crippen LogP contribution is -2.01. The van der Waals surface area contributed by atoms with Crippen LogP contribution in [-0.2, 0) is 14.3 Å². The molecule has 0 aliphatic heterocycles. The standard InChI is InChI=1S/C4H8O2.C4H10O2.C2H6O/c1-3-6-4(2)5;1-2-3-4(5)6;1-3-2/h3H2,1-2H3;4-6H,2-3H2,1H3;1-2H3. The Kier molecular flexibility index (Phi) is 25.2. The van der Waals surface area contributed by atoms with Crippen molar-refractivity contribution >= 4 is 5.97 Å². The fraction of sp³-hybridized carbons (Fsp3) is 0.900. The van der Waals surface area contributed by atoms with E-state index in [4.69, 9.17) is 10.2 Å². The lowest BCUT2D eigenvalue weighted by molar-refractivity contribution is -0.140. The summed E-state index contributed by atoms with van der Waals surface area (Å²) < 4.78 is 8.65. The number of ether oxygens (including phenoxy) is 2. The van der Waals surface area contributed by atoms with Gasteiger partial charge in [0.1, 0.15) is 0 Å². The molecule has 0 unspecified atom stereocenters. The number of methoxy groups -OCH3 is 1. The molecule has 0 atom stereocenters. The first-order chi connectivity index (χ1) is 6.95. The van der Waals surface area contributed by atoms with Crippen molar-refractivity contribution in [3.8, 4) is 0 Å². The number of carbonyl (C=O) groups excluding carboxylic acids is 1. The molecule has 0 aliphatic rings. The van der Waals surface area contributed by atoms with Gasteiger partial charge in [0.2, 0.25) is 0 Å². The van der Waals surface area contributed by atoms with E-state index < -0.39 is 6.29 Å².